The van der Waals surface area contributed by atoms with Crippen molar-refractivity contribution in [3.63, 3.8) is 0 Å². The first kappa shape index (κ1) is 16.5. The van der Waals surface area contributed by atoms with Crippen molar-refractivity contribution >= 4 is 21.6 Å². The number of nitrogens with zero attached hydrogens (tertiary/aromatic N) is 2. The smallest absolute Gasteiger partial charge is 0.240 e. The highest BCUT2D eigenvalue weighted by atomic mass is 35.5. The summed E-state index contributed by atoms with van der Waals surface area (Å²) < 4.78 is 29.5. The van der Waals surface area contributed by atoms with Gasteiger partial charge in [0.2, 0.25) is 10.0 Å². The van der Waals surface area contributed by atoms with Crippen LogP contribution in [0.5, 0.6) is 0 Å². The molecule has 5 nitrogen and oxygen atoms in total. The second kappa shape index (κ2) is 6.26. The van der Waals surface area contributed by atoms with E-state index in [1.807, 2.05) is 11.6 Å². The minimum absolute atomic E-state index is 0.188. The molecule has 0 aliphatic heterocycles. The van der Waals surface area contributed by atoms with Crippen molar-refractivity contribution in [2.45, 2.75) is 44.0 Å². The summed E-state index contributed by atoms with van der Waals surface area (Å²) >= 11 is 5.95. The Balaban J connectivity index is 1.79. The number of halogens is 1. The molecule has 1 aromatic heterocycles. The van der Waals surface area contributed by atoms with Gasteiger partial charge in [0.05, 0.1) is 17.1 Å². The molecule has 23 heavy (non-hydrogen) atoms. The Bertz CT molecular complexity index is 843. The highest BCUT2D eigenvalue weighted by molar-refractivity contribution is 7.89. The van der Waals surface area contributed by atoms with E-state index in [9.17, 15) is 8.42 Å². The summed E-state index contributed by atoms with van der Waals surface area (Å²) in [6, 6.07) is 4.69. The minimum Gasteiger partial charge on any atom is -0.334 e. The van der Waals surface area contributed by atoms with Crippen LogP contribution in [0.25, 0.3) is 0 Å². The summed E-state index contributed by atoms with van der Waals surface area (Å²) in [4.78, 5) is 4.81. The van der Waals surface area contributed by atoms with Gasteiger partial charge in [-0.1, -0.05) is 11.6 Å². The molecular weight excluding hydrogens is 334 g/mol. The van der Waals surface area contributed by atoms with Crippen molar-refractivity contribution in [1.82, 2.24) is 14.3 Å². The summed E-state index contributed by atoms with van der Waals surface area (Å²) in [5, 5.41) is 0.556. The Morgan fingerprint density at radius 2 is 2.04 bits per heavy atom. The van der Waals surface area contributed by atoms with Crippen LogP contribution in [-0.4, -0.2) is 18.0 Å². The zero-order valence-corrected chi connectivity index (χ0v) is 14.8. The van der Waals surface area contributed by atoms with Gasteiger partial charge < -0.3 is 4.57 Å². The van der Waals surface area contributed by atoms with Gasteiger partial charge in [-0.25, -0.2) is 18.1 Å². The first-order chi connectivity index (χ1) is 10.9. The van der Waals surface area contributed by atoms with Crippen molar-refractivity contribution in [2.24, 2.45) is 7.05 Å². The number of hydrogen-bond acceptors (Lipinski definition) is 3. The lowest BCUT2D eigenvalue weighted by atomic mass is 10.0. The van der Waals surface area contributed by atoms with Crippen molar-refractivity contribution in [2.75, 3.05) is 0 Å². The van der Waals surface area contributed by atoms with Crippen LogP contribution in [0.2, 0.25) is 5.02 Å². The fourth-order valence-corrected chi connectivity index (χ4v) is 4.11. The quantitative estimate of drug-likeness (QED) is 0.919. The topological polar surface area (TPSA) is 64.0 Å². The van der Waals surface area contributed by atoms with E-state index < -0.39 is 10.0 Å². The molecule has 3 rings (SSSR count). The van der Waals surface area contributed by atoms with Crippen molar-refractivity contribution < 1.29 is 8.42 Å². The second-order valence-electron chi connectivity index (χ2n) is 5.92. The average Bonchev–Trinajstić information content (AvgIpc) is 2.85. The molecule has 1 aromatic carbocycles. The van der Waals surface area contributed by atoms with Crippen molar-refractivity contribution in [1.29, 1.82) is 0 Å². The third-order valence-electron chi connectivity index (χ3n) is 4.33. The van der Waals surface area contributed by atoms with Crippen molar-refractivity contribution in [3.05, 3.63) is 46.0 Å². The van der Waals surface area contributed by atoms with Gasteiger partial charge in [0.15, 0.2) is 0 Å². The Hall–Kier alpha value is -1.37. The van der Waals surface area contributed by atoms with Crippen LogP contribution in [0.3, 0.4) is 0 Å². The van der Waals surface area contributed by atoms with Gasteiger partial charge in [-0.05, 0) is 56.4 Å². The second-order valence-corrected chi connectivity index (χ2v) is 8.10. The number of fused-ring (bicyclic) bond motifs is 1. The molecule has 124 valence electrons. The number of imidazole rings is 1. The van der Waals surface area contributed by atoms with E-state index >= 15 is 0 Å². The van der Waals surface area contributed by atoms with Gasteiger partial charge in [0, 0.05) is 17.8 Å². The number of aromatic nitrogens is 2. The molecule has 1 aliphatic rings. The predicted molar refractivity (Wildman–Crippen MR) is 90.1 cm³/mol. The summed E-state index contributed by atoms with van der Waals surface area (Å²) in [6.45, 7) is 1.97. The molecule has 0 spiro atoms. The Morgan fingerprint density at radius 1 is 1.30 bits per heavy atom. The Morgan fingerprint density at radius 3 is 2.74 bits per heavy atom. The van der Waals surface area contributed by atoms with Gasteiger partial charge in [-0.15, -0.1) is 0 Å². The lowest BCUT2D eigenvalue weighted by Gasteiger charge is -2.11. The van der Waals surface area contributed by atoms with Crippen LogP contribution >= 0.6 is 11.6 Å². The number of aryl methyl sites for hydroxylation is 2. The Kier molecular flexibility index (Phi) is 4.49. The summed E-state index contributed by atoms with van der Waals surface area (Å²) in [6.07, 6.45) is 4.31. The first-order valence-corrected chi connectivity index (χ1v) is 9.54. The lowest BCUT2D eigenvalue weighted by molar-refractivity contribution is 0.576. The molecule has 7 heteroatoms. The molecule has 1 aliphatic carbocycles. The minimum atomic E-state index is -3.58. The maximum absolute atomic E-state index is 12.4. The van der Waals surface area contributed by atoms with E-state index in [-0.39, 0.29) is 11.4 Å². The van der Waals surface area contributed by atoms with E-state index in [0.29, 0.717) is 5.02 Å². The zero-order chi connectivity index (χ0) is 16.6. The summed E-state index contributed by atoms with van der Waals surface area (Å²) in [5.41, 5.74) is 3.07. The molecule has 2 aromatic rings. The van der Waals surface area contributed by atoms with E-state index in [2.05, 4.69) is 9.71 Å². The molecule has 1 heterocycles. The third kappa shape index (κ3) is 3.29. The van der Waals surface area contributed by atoms with Gasteiger partial charge in [-0.2, -0.15) is 0 Å². The first-order valence-electron chi connectivity index (χ1n) is 7.67. The van der Waals surface area contributed by atoms with Gasteiger partial charge in [0.25, 0.3) is 0 Å². The fraction of sp³-hybridized carbons (Fsp3) is 0.438. The standard InChI is InChI=1S/C16H20ClN3O2S/c1-11-9-12(7-8-13(11)17)23(21,22)18-10-16-19-14-5-3-4-6-15(14)20(16)2/h7-9,18H,3-6,10H2,1-2H3. The maximum atomic E-state index is 12.4. The molecule has 0 atom stereocenters. The monoisotopic (exact) mass is 353 g/mol. The largest absolute Gasteiger partial charge is 0.334 e. The highest BCUT2D eigenvalue weighted by Crippen LogP contribution is 2.22. The lowest BCUT2D eigenvalue weighted by Crippen LogP contribution is -2.25. The van der Waals surface area contributed by atoms with Crippen LogP contribution in [0.15, 0.2) is 23.1 Å². The third-order valence-corrected chi connectivity index (χ3v) is 6.15. The predicted octanol–water partition coefficient (Wildman–Crippen LogP) is 2.74. The average molecular weight is 354 g/mol. The number of rotatable bonds is 4. The maximum Gasteiger partial charge on any atom is 0.240 e. The molecule has 0 saturated heterocycles. The molecule has 1 N–H and O–H groups in total. The van der Waals surface area contributed by atoms with Gasteiger partial charge >= 0.3 is 0 Å². The molecule has 0 bridgehead atoms. The van der Waals surface area contributed by atoms with E-state index in [4.69, 9.17) is 11.6 Å². The highest BCUT2D eigenvalue weighted by Gasteiger charge is 2.20. The number of benzene rings is 1. The van der Waals surface area contributed by atoms with Crippen LogP contribution in [0.4, 0.5) is 0 Å². The molecule has 0 saturated carbocycles. The van der Waals surface area contributed by atoms with Crippen LogP contribution < -0.4 is 4.72 Å². The number of hydrogen-bond donors (Lipinski definition) is 1. The van der Waals surface area contributed by atoms with Crippen molar-refractivity contribution in [3.8, 4) is 0 Å². The molecule has 0 unspecified atom stereocenters. The fourth-order valence-electron chi connectivity index (χ4n) is 2.93. The normalized spacial score (nSPS) is 14.7. The van der Waals surface area contributed by atoms with Crippen LogP contribution in [0, 0.1) is 6.92 Å². The molecular formula is C16H20ClN3O2S. The van der Waals surface area contributed by atoms with Crippen LogP contribution in [-0.2, 0) is 36.5 Å². The van der Waals surface area contributed by atoms with Gasteiger partial charge in [0.1, 0.15) is 5.82 Å². The molecule has 0 fully saturated rings. The summed E-state index contributed by atoms with van der Waals surface area (Å²) in [7, 11) is -1.63. The number of nitrogens with one attached hydrogen (secondary N) is 1. The number of sulfonamides is 1. The van der Waals surface area contributed by atoms with Gasteiger partial charge in [-0.3, -0.25) is 0 Å². The molecule has 0 radical (unpaired) electrons. The zero-order valence-electron chi connectivity index (χ0n) is 13.3. The summed E-state index contributed by atoms with van der Waals surface area (Å²) in [5.74, 6) is 0.756. The van der Waals surface area contributed by atoms with E-state index in [1.165, 1.54) is 18.2 Å². The van der Waals surface area contributed by atoms with E-state index in [1.54, 1.807) is 19.1 Å². The SMILES string of the molecule is Cc1cc(S(=O)(=O)NCc2nc3c(n2C)CCCC3)ccc1Cl. The Labute approximate surface area is 141 Å². The molecule has 0 amide bonds. The van der Waals surface area contributed by atoms with Crippen LogP contribution in [0.1, 0.15) is 35.6 Å². The van der Waals surface area contributed by atoms with E-state index in [0.717, 1.165) is 36.3 Å².